The van der Waals surface area contributed by atoms with Crippen LogP contribution in [0.4, 0.5) is 0 Å². The van der Waals surface area contributed by atoms with Crippen LogP contribution in [-0.4, -0.2) is 55.0 Å². The van der Waals surface area contributed by atoms with Crippen LogP contribution in [0.3, 0.4) is 0 Å². The molecule has 1 heterocycles. The molecule has 0 aliphatic rings. The Labute approximate surface area is 174 Å². The van der Waals surface area contributed by atoms with Gasteiger partial charge in [-0.25, -0.2) is 4.99 Å². The second-order valence-electron chi connectivity index (χ2n) is 7.27. The lowest BCUT2D eigenvalue weighted by Crippen LogP contribution is -2.40. The number of aromatic nitrogens is 1. The molecule has 2 N–H and O–H groups in total. The minimum Gasteiger partial charge on any atom is -0.357 e. The van der Waals surface area contributed by atoms with E-state index in [2.05, 4.69) is 58.7 Å². The molecule has 0 saturated carbocycles. The molecule has 0 fully saturated rings. The molecule has 1 atom stereocenters. The summed E-state index contributed by atoms with van der Waals surface area (Å²) in [6.07, 6.45) is 2.51. The Hall–Kier alpha value is -2.89. The molecule has 29 heavy (non-hydrogen) atoms. The van der Waals surface area contributed by atoms with Crippen molar-refractivity contribution >= 4 is 11.9 Å². The van der Waals surface area contributed by atoms with Crippen LogP contribution in [0.25, 0.3) is 0 Å². The summed E-state index contributed by atoms with van der Waals surface area (Å²) >= 11 is 0. The highest BCUT2D eigenvalue weighted by Crippen LogP contribution is 2.14. The fraction of sp³-hybridized carbons (Fsp3) is 0.435. The van der Waals surface area contributed by atoms with E-state index >= 15 is 0 Å². The number of hydrogen-bond donors (Lipinski definition) is 2. The third-order valence-corrected chi connectivity index (χ3v) is 4.79. The van der Waals surface area contributed by atoms with Gasteiger partial charge in [-0.3, -0.25) is 9.78 Å². The molecular formula is C23H33N5O. The maximum absolute atomic E-state index is 12.4. The van der Waals surface area contributed by atoms with E-state index in [0.717, 1.165) is 25.2 Å². The summed E-state index contributed by atoms with van der Waals surface area (Å²) in [5.74, 6) is 0.999. The second kappa shape index (κ2) is 11.8. The van der Waals surface area contributed by atoms with Crippen LogP contribution in [0.15, 0.2) is 53.7 Å². The van der Waals surface area contributed by atoms with Gasteiger partial charge in [0.1, 0.15) is 6.54 Å². The normalized spacial score (nSPS) is 12.3. The first-order valence-electron chi connectivity index (χ1n) is 10.2. The van der Waals surface area contributed by atoms with Gasteiger partial charge in [-0.15, -0.1) is 0 Å². The lowest BCUT2D eigenvalue weighted by molar-refractivity contribution is -0.128. The van der Waals surface area contributed by atoms with Crippen molar-refractivity contribution < 1.29 is 4.79 Å². The first kappa shape index (κ1) is 22.4. The van der Waals surface area contributed by atoms with Crippen LogP contribution in [0.2, 0.25) is 0 Å². The average molecular weight is 396 g/mol. The van der Waals surface area contributed by atoms with Gasteiger partial charge >= 0.3 is 0 Å². The molecule has 0 bridgehead atoms. The highest BCUT2D eigenvalue weighted by molar-refractivity contribution is 5.84. The van der Waals surface area contributed by atoms with Crippen LogP contribution in [-0.2, 0) is 11.2 Å². The number of benzene rings is 1. The van der Waals surface area contributed by atoms with Crippen molar-refractivity contribution in [1.29, 1.82) is 0 Å². The Morgan fingerprint density at radius 1 is 1.17 bits per heavy atom. The zero-order valence-corrected chi connectivity index (χ0v) is 18.0. The summed E-state index contributed by atoms with van der Waals surface area (Å²) in [6, 6.07) is 14.4. The van der Waals surface area contributed by atoms with Gasteiger partial charge < -0.3 is 15.5 Å². The van der Waals surface area contributed by atoms with E-state index in [1.54, 1.807) is 18.1 Å². The van der Waals surface area contributed by atoms with Gasteiger partial charge in [0.05, 0.1) is 0 Å². The summed E-state index contributed by atoms with van der Waals surface area (Å²) in [4.78, 5) is 22.9. The zero-order valence-electron chi connectivity index (χ0n) is 18.0. The number of hydrogen-bond acceptors (Lipinski definition) is 3. The number of nitrogens with one attached hydrogen (secondary N) is 2. The molecule has 2 aromatic rings. The zero-order chi connectivity index (χ0) is 21.1. The molecule has 6 heteroatoms. The van der Waals surface area contributed by atoms with Crippen molar-refractivity contribution in [1.82, 2.24) is 20.5 Å². The topological polar surface area (TPSA) is 69.6 Å². The Kier molecular flexibility index (Phi) is 9.15. The van der Waals surface area contributed by atoms with Gasteiger partial charge in [-0.1, -0.05) is 42.8 Å². The van der Waals surface area contributed by atoms with Gasteiger partial charge in [0, 0.05) is 45.0 Å². The molecule has 0 aliphatic heterocycles. The lowest BCUT2D eigenvalue weighted by Gasteiger charge is -2.18. The highest BCUT2D eigenvalue weighted by Gasteiger charge is 2.10. The number of aryl methyl sites for hydroxylation is 1. The number of rotatable bonds is 9. The number of aliphatic imine (C=N–C) groups is 1. The van der Waals surface area contributed by atoms with E-state index in [1.165, 1.54) is 11.1 Å². The summed E-state index contributed by atoms with van der Waals surface area (Å²) in [5, 5.41) is 6.55. The quantitative estimate of drug-likeness (QED) is 0.506. The molecule has 156 valence electrons. The third kappa shape index (κ3) is 7.94. The largest absolute Gasteiger partial charge is 0.357 e. The van der Waals surface area contributed by atoms with Crippen LogP contribution in [0.5, 0.6) is 0 Å². The van der Waals surface area contributed by atoms with E-state index in [1.807, 2.05) is 25.1 Å². The standard InChI is InChI=1S/C23H33N5O/c1-5-24-23(26-16-19(3)20-11-9-18(2)10-12-20)27-17-22(29)28(4)15-13-21-8-6-7-14-25-21/h6-12,14,19H,5,13,15-17H2,1-4H3,(H2,24,26,27). The van der Waals surface area contributed by atoms with E-state index < -0.39 is 0 Å². The van der Waals surface area contributed by atoms with Crippen molar-refractivity contribution in [3.63, 3.8) is 0 Å². The smallest absolute Gasteiger partial charge is 0.244 e. The summed E-state index contributed by atoms with van der Waals surface area (Å²) in [6.45, 7) is 8.52. The Morgan fingerprint density at radius 3 is 2.59 bits per heavy atom. The minimum atomic E-state index is -0.00952. The van der Waals surface area contributed by atoms with Crippen LogP contribution in [0.1, 0.15) is 36.6 Å². The van der Waals surface area contributed by atoms with E-state index in [0.29, 0.717) is 18.4 Å². The molecule has 1 unspecified atom stereocenters. The van der Waals surface area contributed by atoms with Crippen LogP contribution in [0, 0.1) is 6.92 Å². The molecule has 0 radical (unpaired) electrons. The lowest BCUT2D eigenvalue weighted by atomic mass is 10.0. The number of guanidine groups is 1. The van der Waals surface area contributed by atoms with Crippen molar-refractivity contribution in [3.8, 4) is 0 Å². The molecule has 0 aliphatic carbocycles. The first-order valence-corrected chi connectivity index (χ1v) is 10.2. The fourth-order valence-electron chi connectivity index (χ4n) is 2.82. The average Bonchev–Trinajstić information content (AvgIpc) is 2.74. The molecular weight excluding hydrogens is 362 g/mol. The van der Waals surface area contributed by atoms with Crippen LogP contribution >= 0.6 is 0 Å². The number of carbonyl (C=O) groups is 1. The van der Waals surface area contributed by atoms with Crippen LogP contribution < -0.4 is 10.6 Å². The second-order valence-corrected chi connectivity index (χ2v) is 7.27. The summed E-state index contributed by atoms with van der Waals surface area (Å²) in [7, 11) is 1.81. The predicted octanol–water partition coefficient (Wildman–Crippen LogP) is 2.75. The summed E-state index contributed by atoms with van der Waals surface area (Å²) in [5.41, 5.74) is 3.52. The molecule has 1 amide bonds. The SMILES string of the molecule is CCNC(=NCC(=O)N(C)CCc1ccccn1)NCC(C)c1ccc(C)cc1. The minimum absolute atomic E-state index is 0.00952. The number of pyridine rings is 1. The number of amides is 1. The van der Waals surface area contributed by atoms with E-state index in [9.17, 15) is 4.79 Å². The Bertz CT molecular complexity index is 774. The molecule has 1 aromatic carbocycles. The van der Waals surface area contributed by atoms with E-state index in [-0.39, 0.29) is 12.5 Å². The number of carbonyl (C=O) groups excluding carboxylic acids is 1. The maximum atomic E-state index is 12.4. The van der Waals surface area contributed by atoms with Gasteiger partial charge in [0.15, 0.2) is 5.96 Å². The first-order chi connectivity index (χ1) is 14.0. The fourth-order valence-corrected chi connectivity index (χ4v) is 2.82. The maximum Gasteiger partial charge on any atom is 0.244 e. The predicted molar refractivity (Wildman–Crippen MR) is 119 cm³/mol. The molecule has 2 rings (SSSR count). The Morgan fingerprint density at radius 2 is 1.93 bits per heavy atom. The van der Waals surface area contributed by atoms with Gasteiger partial charge in [0.25, 0.3) is 0 Å². The molecule has 0 spiro atoms. The monoisotopic (exact) mass is 395 g/mol. The highest BCUT2D eigenvalue weighted by atomic mass is 16.2. The van der Waals surface area contributed by atoms with Crippen molar-refractivity contribution in [3.05, 3.63) is 65.5 Å². The van der Waals surface area contributed by atoms with Crippen molar-refractivity contribution in [2.45, 2.75) is 33.1 Å². The molecule has 1 aromatic heterocycles. The van der Waals surface area contributed by atoms with E-state index in [4.69, 9.17) is 0 Å². The number of likely N-dealkylation sites (N-methyl/N-ethyl adjacent to an activating group) is 1. The summed E-state index contributed by atoms with van der Waals surface area (Å²) < 4.78 is 0. The van der Waals surface area contributed by atoms with Gasteiger partial charge in [-0.05, 0) is 37.5 Å². The number of nitrogens with zero attached hydrogens (tertiary/aromatic N) is 3. The van der Waals surface area contributed by atoms with Crippen molar-refractivity contribution in [2.24, 2.45) is 4.99 Å². The van der Waals surface area contributed by atoms with Gasteiger partial charge in [-0.2, -0.15) is 0 Å². The Balaban J connectivity index is 1.83. The van der Waals surface area contributed by atoms with Gasteiger partial charge in [0.2, 0.25) is 5.91 Å². The van der Waals surface area contributed by atoms with Crippen molar-refractivity contribution in [2.75, 3.05) is 33.2 Å². The molecule has 6 nitrogen and oxygen atoms in total. The molecule has 0 saturated heterocycles. The third-order valence-electron chi connectivity index (χ3n) is 4.79.